The van der Waals surface area contributed by atoms with E-state index in [1.54, 1.807) is 13.0 Å². The first-order valence-corrected chi connectivity index (χ1v) is 8.10. The van der Waals surface area contributed by atoms with E-state index < -0.39 is 0 Å². The zero-order valence-electron chi connectivity index (χ0n) is 12.4. The van der Waals surface area contributed by atoms with E-state index in [0.717, 1.165) is 24.9 Å². The molecule has 0 aliphatic carbocycles. The number of nitrogen functional groups attached to an aromatic ring is 1. The van der Waals surface area contributed by atoms with Crippen molar-refractivity contribution in [2.24, 2.45) is 5.92 Å². The Morgan fingerprint density at radius 3 is 3.05 bits per heavy atom. The second-order valence-corrected chi connectivity index (χ2v) is 6.82. The maximum absolute atomic E-state index is 13.6. The lowest BCUT2D eigenvalue weighted by Crippen LogP contribution is -2.28. The summed E-state index contributed by atoms with van der Waals surface area (Å²) in [6, 6.07) is 5.37. The lowest BCUT2D eigenvalue weighted by atomic mass is 9.98. The van der Waals surface area contributed by atoms with Gasteiger partial charge in [-0.15, -0.1) is 0 Å². The molecule has 1 atom stereocenters. The van der Waals surface area contributed by atoms with E-state index in [0.29, 0.717) is 28.0 Å². The van der Waals surface area contributed by atoms with Crippen LogP contribution in [0.2, 0.25) is 0 Å². The van der Waals surface area contributed by atoms with E-state index in [9.17, 15) is 9.18 Å². The highest BCUT2D eigenvalue weighted by Gasteiger charge is 2.28. The van der Waals surface area contributed by atoms with Crippen LogP contribution in [-0.4, -0.2) is 28.9 Å². The molecular weight excluding hydrogens is 301 g/mol. The van der Waals surface area contributed by atoms with E-state index in [1.807, 2.05) is 17.0 Å². The molecule has 1 amide bonds. The zero-order valence-corrected chi connectivity index (χ0v) is 13.2. The number of benzene rings is 1. The molecule has 2 aromatic rings. The minimum atomic E-state index is -0.163. The first-order chi connectivity index (χ1) is 10.5. The zero-order chi connectivity index (χ0) is 15.7. The SMILES string of the molecule is Cc1ccc(CC2CCN(C(=O)c3cnc(N)s3)C2)cc1F. The second-order valence-electron chi connectivity index (χ2n) is 5.76. The topological polar surface area (TPSA) is 59.2 Å². The summed E-state index contributed by atoms with van der Waals surface area (Å²) in [5.41, 5.74) is 7.22. The van der Waals surface area contributed by atoms with Crippen LogP contribution >= 0.6 is 11.3 Å². The van der Waals surface area contributed by atoms with Gasteiger partial charge in [-0.2, -0.15) is 0 Å². The quantitative estimate of drug-likeness (QED) is 0.946. The normalized spacial score (nSPS) is 17.9. The highest BCUT2D eigenvalue weighted by atomic mass is 32.1. The summed E-state index contributed by atoms with van der Waals surface area (Å²) in [4.78, 5) is 18.7. The molecular formula is C16H18FN3OS. The third kappa shape index (κ3) is 3.11. The van der Waals surface area contributed by atoms with Crippen molar-refractivity contribution in [3.63, 3.8) is 0 Å². The number of carbonyl (C=O) groups excluding carboxylic acids is 1. The van der Waals surface area contributed by atoms with E-state index in [4.69, 9.17) is 5.73 Å². The summed E-state index contributed by atoms with van der Waals surface area (Å²) in [5.74, 6) is 0.201. The number of hydrogen-bond donors (Lipinski definition) is 1. The number of nitrogens with zero attached hydrogens (tertiary/aromatic N) is 2. The van der Waals surface area contributed by atoms with Crippen LogP contribution in [0.15, 0.2) is 24.4 Å². The van der Waals surface area contributed by atoms with Crippen LogP contribution in [0.4, 0.5) is 9.52 Å². The van der Waals surface area contributed by atoms with Crippen LogP contribution in [0.25, 0.3) is 0 Å². The van der Waals surface area contributed by atoms with Gasteiger partial charge in [0.05, 0.1) is 6.20 Å². The Balaban J connectivity index is 1.62. The third-order valence-electron chi connectivity index (χ3n) is 4.07. The smallest absolute Gasteiger partial charge is 0.265 e. The summed E-state index contributed by atoms with van der Waals surface area (Å²) in [7, 11) is 0. The second kappa shape index (κ2) is 6.04. The van der Waals surface area contributed by atoms with E-state index in [2.05, 4.69) is 4.98 Å². The highest BCUT2D eigenvalue weighted by molar-refractivity contribution is 7.17. The molecule has 1 aliphatic rings. The summed E-state index contributed by atoms with van der Waals surface area (Å²) in [6.07, 6.45) is 3.27. The lowest BCUT2D eigenvalue weighted by molar-refractivity contribution is 0.0791. The van der Waals surface area contributed by atoms with Crippen LogP contribution in [0, 0.1) is 18.7 Å². The maximum atomic E-state index is 13.6. The number of aromatic nitrogens is 1. The van der Waals surface area contributed by atoms with Gasteiger partial charge in [0, 0.05) is 13.1 Å². The Morgan fingerprint density at radius 2 is 2.36 bits per heavy atom. The molecule has 2 N–H and O–H groups in total. The van der Waals surface area contributed by atoms with Gasteiger partial charge in [-0.3, -0.25) is 4.79 Å². The fourth-order valence-electron chi connectivity index (χ4n) is 2.82. The molecule has 0 spiro atoms. The first-order valence-electron chi connectivity index (χ1n) is 7.28. The fraction of sp³-hybridized carbons (Fsp3) is 0.375. The Hall–Kier alpha value is -1.95. The number of carbonyl (C=O) groups is 1. The summed E-state index contributed by atoms with van der Waals surface area (Å²) in [5, 5.41) is 0.411. The number of halogens is 1. The number of amides is 1. The Morgan fingerprint density at radius 1 is 1.55 bits per heavy atom. The van der Waals surface area contributed by atoms with Crippen molar-refractivity contribution in [2.75, 3.05) is 18.8 Å². The number of hydrogen-bond acceptors (Lipinski definition) is 4. The number of rotatable bonds is 3. The maximum Gasteiger partial charge on any atom is 0.265 e. The van der Waals surface area contributed by atoms with Gasteiger partial charge in [0.25, 0.3) is 5.91 Å². The molecule has 22 heavy (non-hydrogen) atoms. The van der Waals surface area contributed by atoms with Crippen molar-refractivity contribution in [3.8, 4) is 0 Å². The van der Waals surface area contributed by atoms with Crippen LogP contribution in [0.1, 0.15) is 27.2 Å². The predicted octanol–water partition coefficient (Wildman–Crippen LogP) is 2.88. The van der Waals surface area contributed by atoms with Crippen LogP contribution < -0.4 is 5.73 Å². The van der Waals surface area contributed by atoms with Crippen LogP contribution in [-0.2, 0) is 6.42 Å². The number of aryl methyl sites for hydroxylation is 1. The predicted molar refractivity (Wildman–Crippen MR) is 85.4 cm³/mol. The summed E-state index contributed by atoms with van der Waals surface area (Å²) >= 11 is 1.22. The number of nitrogens with two attached hydrogens (primary N) is 1. The largest absolute Gasteiger partial charge is 0.375 e. The average Bonchev–Trinajstić information content (AvgIpc) is 3.11. The molecule has 6 heteroatoms. The van der Waals surface area contributed by atoms with Gasteiger partial charge in [-0.05, 0) is 42.9 Å². The average molecular weight is 319 g/mol. The van der Waals surface area contributed by atoms with Gasteiger partial charge in [0.2, 0.25) is 0 Å². The first kappa shape index (κ1) is 15.0. The minimum Gasteiger partial charge on any atom is -0.375 e. The molecule has 1 saturated heterocycles. The van der Waals surface area contributed by atoms with E-state index in [-0.39, 0.29) is 11.7 Å². The van der Waals surface area contributed by atoms with Gasteiger partial charge in [-0.25, -0.2) is 9.37 Å². The van der Waals surface area contributed by atoms with Gasteiger partial charge >= 0.3 is 0 Å². The molecule has 4 nitrogen and oxygen atoms in total. The molecule has 1 aromatic heterocycles. The molecule has 0 saturated carbocycles. The monoisotopic (exact) mass is 319 g/mol. The van der Waals surface area contributed by atoms with Crippen molar-refractivity contribution in [3.05, 3.63) is 46.2 Å². The fourth-order valence-corrected chi connectivity index (χ4v) is 3.48. The Labute approximate surface area is 132 Å². The Bertz CT molecular complexity index is 700. The number of anilines is 1. The number of thiazole rings is 1. The van der Waals surface area contributed by atoms with Crippen molar-refractivity contribution in [1.82, 2.24) is 9.88 Å². The molecule has 2 heterocycles. The number of likely N-dealkylation sites (tertiary alicyclic amines) is 1. The lowest BCUT2D eigenvalue weighted by Gasteiger charge is -2.15. The molecule has 1 fully saturated rings. The molecule has 1 aromatic carbocycles. The molecule has 0 bridgehead atoms. The van der Waals surface area contributed by atoms with Crippen molar-refractivity contribution < 1.29 is 9.18 Å². The van der Waals surface area contributed by atoms with Crippen LogP contribution in [0.3, 0.4) is 0 Å². The van der Waals surface area contributed by atoms with Crippen molar-refractivity contribution in [2.45, 2.75) is 19.8 Å². The molecule has 1 unspecified atom stereocenters. The van der Waals surface area contributed by atoms with E-state index in [1.165, 1.54) is 17.5 Å². The molecule has 3 rings (SSSR count). The minimum absolute atomic E-state index is 0.00760. The molecule has 0 radical (unpaired) electrons. The highest BCUT2D eigenvalue weighted by Crippen LogP contribution is 2.25. The van der Waals surface area contributed by atoms with Gasteiger partial charge < -0.3 is 10.6 Å². The molecule has 1 aliphatic heterocycles. The summed E-state index contributed by atoms with van der Waals surface area (Å²) < 4.78 is 13.6. The standard InChI is InChI=1S/C16H18FN3OS/c1-10-2-3-11(7-13(10)17)6-12-4-5-20(9-12)15(21)14-8-19-16(18)22-14/h2-3,7-8,12H,4-6,9H2,1H3,(H2,18,19). The summed E-state index contributed by atoms with van der Waals surface area (Å²) in [6.45, 7) is 3.19. The third-order valence-corrected chi connectivity index (χ3v) is 4.88. The van der Waals surface area contributed by atoms with Gasteiger partial charge in [0.15, 0.2) is 5.13 Å². The Kier molecular flexibility index (Phi) is 4.11. The van der Waals surface area contributed by atoms with Gasteiger partial charge in [-0.1, -0.05) is 23.5 Å². The van der Waals surface area contributed by atoms with Crippen molar-refractivity contribution in [1.29, 1.82) is 0 Å². The van der Waals surface area contributed by atoms with Gasteiger partial charge in [0.1, 0.15) is 10.7 Å². The van der Waals surface area contributed by atoms with Crippen molar-refractivity contribution >= 4 is 22.4 Å². The molecule has 116 valence electrons. The van der Waals surface area contributed by atoms with E-state index >= 15 is 0 Å². The van der Waals surface area contributed by atoms with Crippen LogP contribution in [0.5, 0.6) is 0 Å².